The number of nitrogens with zero attached hydrogens (tertiary/aromatic N) is 4. The van der Waals surface area contributed by atoms with Crippen LogP contribution in [0.5, 0.6) is 11.5 Å². The third-order valence-corrected chi connectivity index (χ3v) is 17.3. The van der Waals surface area contributed by atoms with Gasteiger partial charge in [-0.1, -0.05) is 82.9 Å². The van der Waals surface area contributed by atoms with E-state index in [9.17, 15) is 48.3 Å². The highest BCUT2D eigenvalue weighted by atomic mass is 79.9. The summed E-state index contributed by atoms with van der Waals surface area (Å²) in [4.78, 5) is 124. The number of nitrogens with two attached hydrogens (primary N) is 1. The number of allylic oxidation sites excluding steroid dienone is 4. The van der Waals surface area contributed by atoms with Gasteiger partial charge in [-0.05, 0) is 81.8 Å². The summed E-state index contributed by atoms with van der Waals surface area (Å²) in [6.07, 6.45) is 4.37. The van der Waals surface area contributed by atoms with Gasteiger partial charge >= 0.3 is 30.3 Å². The number of alkyl halides is 1. The van der Waals surface area contributed by atoms with E-state index in [1.54, 1.807) is 44.2 Å². The quantitative estimate of drug-likeness (QED) is 0.0291. The van der Waals surface area contributed by atoms with Gasteiger partial charge in [-0.3, -0.25) is 24.5 Å². The number of carbonyl (C=O) groups is 9. The number of amides is 8. The van der Waals surface area contributed by atoms with E-state index >= 15 is 0 Å². The number of aliphatic hydroxyl groups is 1. The molecule has 6 rings (SSSR count). The Morgan fingerprint density at radius 3 is 2.38 bits per heavy atom. The van der Waals surface area contributed by atoms with Gasteiger partial charge in [0, 0.05) is 79.7 Å². The van der Waals surface area contributed by atoms with Crippen LogP contribution in [-0.2, 0) is 65.4 Å². The van der Waals surface area contributed by atoms with Crippen LogP contribution < -0.4 is 41.4 Å². The Morgan fingerprint density at radius 1 is 0.978 bits per heavy atom. The van der Waals surface area contributed by atoms with Gasteiger partial charge in [-0.25, -0.2) is 24.0 Å². The van der Waals surface area contributed by atoms with Crippen LogP contribution in [0.15, 0.2) is 66.3 Å². The monoisotopic (exact) mass is 1360 g/mol. The highest BCUT2D eigenvalue weighted by molar-refractivity contribution is 9.09. The second-order valence-corrected chi connectivity index (χ2v) is 24.1. The fraction of sp³-hybridized carbons (Fsp3) is 0.565. The van der Waals surface area contributed by atoms with Crippen LogP contribution in [0.4, 0.5) is 30.6 Å². The topological polar surface area (TPSA) is 338 Å². The number of ether oxygens (including phenoxy) is 8. The van der Waals surface area contributed by atoms with E-state index in [4.69, 9.17) is 55.2 Å². The first-order valence-corrected chi connectivity index (χ1v) is 31.4. The zero-order valence-electron chi connectivity index (χ0n) is 53.0. The molecule has 91 heavy (non-hydrogen) atoms. The number of hydrogen-bond donors (Lipinski definition) is 6. The first-order chi connectivity index (χ1) is 43.1. The molecule has 29 heteroatoms. The number of rotatable bonds is 20. The number of nitrogens with one attached hydrogen (secondary N) is 4. The van der Waals surface area contributed by atoms with E-state index in [2.05, 4.69) is 37.2 Å². The average molecular weight is 1360 g/mol. The number of likely N-dealkylation sites (N-methyl/N-ethyl adjacent to an activating group) is 3. The summed E-state index contributed by atoms with van der Waals surface area (Å²) in [6.45, 7) is 6.06. The molecule has 2 fully saturated rings. The van der Waals surface area contributed by atoms with Crippen LogP contribution in [0, 0.1) is 5.92 Å². The number of methoxy groups -OCH3 is 2. The van der Waals surface area contributed by atoms with E-state index < -0.39 is 108 Å². The molecule has 4 aliphatic rings. The number of benzene rings is 2. The molecule has 10 atom stereocenters. The maximum absolute atomic E-state index is 14.4. The molecule has 0 unspecified atom stereocenters. The number of epoxide rings is 1. The van der Waals surface area contributed by atoms with Crippen LogP contribution in [0.1, 0.15) is 90.2 Å². The first kappa shape index (κ1) is 72.6. The van der Waals surface area contributed by atoms with E-state index in [0.717, 1.165) is 35.3 Å². The molecule has 8 amide bonds. The summed E-state index contributed by atoms with van der Waals surface area (Å²) in [5.74, 6) is -3.16. The second kappa shape index (κ2) is 33.2. The number of alkyl carbamates (subject to hydrolysis) is 1. The lowest BCUT2D eigenvalue weighted by molar-refractivity contribution is -0.162. The summed E-state index contributed by atoms with van der Waals surface area (Å²) in [5.41, 5.74) is 5.46. The minimum absolute atomic E-state index is 0.000374. The van der Waals surface area contributed by atoms with Gasteiger partial charge in [-0.2, -0.15) is 0 Å². The molecule has 0 aromatic heterocycles. The third-order valence-electron chi connectivity index (χ3n) is 16.4. The minimum Gasteiger partial charge on any atom is -0.495 e. The Bertz CT molecular complexity index is 3080. The van der Waals surface area contributed by atoms with E-state index in [0.29, 0.717) is 29.8 Å². The van der Waals surface area contributed by atoms with Crippen LogP contribution in [-0.4, -0.2) is 202 Å². The van der Waals surface area contributed by atoms with Crippen molar-refractivity contribution < 1.29 is 86.2 Å². The van der Waals surface area contributed by atoms with Crippen LogP contribution in [0.2, 0.25) is 5.02 Å². The van der Waals surface area contributed by atoms with Gasteiger partial charge < -0.3 is 84.3 Å². The predicted molar refractivity (Wildman–Crippen MR) is 337 cm³/mol. The molecule has 4 bridgehead atoms. The lowest BCUT2D eigenvalue weighted by Crippen LogP contribution is -2.63. The fourth-order valence-electron chi connectivity index (χ4n) is 10.6. The first-order valence-electron chi connectivity index (χ1n) is 29.9. The van der Waals surface area contributed by atoms with Crippen molar-refractivity contribution in [3.05, 3.63) is 82.4 Å². The number of carbonyl (C=O) groups excluding carboxylic acids is 9. The van der Waals surface area contributed by atoms with Crippen molar-refractivity contribution in [1.29, 1.82) is 0 Å². The third kappa shape index (κ3) is 20.0. The molecule has 1 aliphatic carbocycles. The largest absolute Gasteiger partial charge is 0.495 e. The number of halogens is 2. The molecule has 0 spiro atoms. The summed E-state index contributed by atoms with van der Waals surface area (Å²) in [6, 6.07) is 5.89. The molecule has 2 saturated heterocycles. The molecule has 2 aromatic carbocycles. The summed E-state index contributed by atoms with van der Waals surface area (Å²) < 4.78 is 46.0. The van der Waals surface area contributed by atoms with Gasteiger partial charge in [-0.15, -0.1) is 0 Å². The van der Waals surface area contributed by atoms with Crippen molar-refractivity contribution in [2.24, 2.45) is 11.7 Å². The van der Waals surface area contributed by atoms with Crippen LogP contribution >= 0.6 is 27.5 Å². The number of anilines is 2. The second-order valence-electron chi connectivity index (χ2n) is 23.2. The lowest BCUT2D eigenvalue weighted by Gasteiger charge is -2.42. The molecule has 0 radical (unpaired) electrons. The molecule has 0 saturated carbocycles. The number of esters is 1. The highest BCUT2D eigenvalue weighted by Crippen LogP contribution is 2.49. The maximum Gasteiger partial charge on any atom is 0.412 e. The van der Waals surface area contributed by atoms with Gasteiger partial charge in [0.1, 0.15) is 53.9 Å². The number of fused-ring (bicyclic) bond motifs is 5. The van der Waals surface area contributed by atoms with Crippen molar-refractivity contribution in [2.75, 3.05) is 84.2 Å². The maximum atomic E-state index is 14.4. The Kier molecular flexibility index (Phi) is 26.5. The fourth-order valence-corrected chi connectivity index (χ4v) is 11.1. The van der Waals surface area contributed by atoms with Crippen LogP contribution in [0.25, 0.3) is 0 Å². The molecule has 3 aliphatic heterocycles. The minimum atomic E-state index is -1.91. The molecule has 7 N–H and O–H groups in total. The van der Waals surface area contributed by atoms with Gasteiger partial charge in [0.2, 0.25) is 23.6 Å². The molecular formula is C62H85BrClN9O18. The SMILES string of the molecule is COc1cc2cc(c1Cl)N(C)C(=O)C[C@H](OC(=O)[C@H](C)N(C)C(=O)CCOC(=O)N(C)CCN(C)C(=O)OCc1ccc(OC(=O)N[C@H]3CCCC/C=C/[C@@H]3N)c(NC(=O)CCNC(=O)CBr)c1)[C@]1(C)O[C@H]1[C@H](C)[C@@H]1C[C@@](O)(NC(=O)O1)[C@H](OC)/C=C/C=C(\C)C2. The summed E-state index contributed by atoms with van der Waals surface area (Å²) in [5, 5.41) is 22.7. The normalized spacial score (nSPS) is 25.7. The van der Waals surface area contributed by atoms with Crippen molar-refractivity contribution in [2.45, 2.75) is 146 Å². The van der Waals surface area contributed by atoms with Gasteiger partial charge in [0.25, 0.3) is 0 Å². The Labute approximate surface area is 543 Å². The van der Waals surface area contributed by atoms with Crippen molar-refractivity contribution in [1.82, 2.24) is 30.7 Å². The van der Waals surface area contributed by atoms with Crippen LogP contribution in [0.3, 0.4) is 0 Å². The van der Waals surface area contributed by atoms with Gasteiger partial charge in [0.15, 0.2) is 11.5 Å². The zero-order chi connectivity index (χ0) is 66.9. The smallest absolute Gasteiger partial charge is 0.412 e. The van der Waals surface area contributed by atoms with E-state index in [1.165, 1.54) is 76.2 Å². The number of hydrogen-bond acceptors (Lipinski definition) is 19. The van der Waals surface area contributed by atoms with E-state index in [-0.39, 0.29) is 85.8 Å². The highest BCUT2D eigenvalue weighted by Gasteiger charge is 2.64. The Balaban J connectivity index is 1.04. The summed E-state index contributed by atoms with van der Waals surface area (Å²) in [7, 11) is 8.61. The summed E-state index contributed by atoms with van der Waals surface area (Å²) >= 11 is 9.88. The standard InChI is InChI=1S/C62H85BrClN9O18/c1-36-16-15-19-48(85-10)62(83)33-47(89-58(80)69-62)37(2)55-61(4,91-55)49(32-53(77)73(8)44-30-40(28-36)31-46(84-9)54(44)64)90-56(78)38(3)72(7)52(76)23-27-86-59(81)70(5)25-26-71(6)60(82)87-35-39-20-21-45(43(29-39)67-50(74)22-24-66-51(75)34-63)88-57(79)68-42-18-14-12-11-13-17-41(42)65/h13,15-17,19-21,29-31,37-38,41-42,47-49,55,83H,11-12,14,18,22-28,32-35,65H2,1-10H3,(H,66,75)(H,67,74)(H,68,79)(H,69,80)/b17-13+,19-15+,36-16+/t37-,38+,41+,42+,47+,48-,49+,55+,61+,62+/m1/s1. The zero-order valence-corrected chi connectivity index (χ0v) is 55.4. The van der Waals surface area contributed by atoms with Crippen molar-refractivity contribution in [3.8, 4) is 11.5 Å². The lowest BCUT2D eigenvalue weighted by atomic mass is 9.83. The van der Waals surface area contributed by atoms with E-state index in [1.807, 2.05) is 25.2 Å². The molecule has 3 heterocycles. The molecule has 27 nitrogen and oxygen atoms in total. The molecular weight excluding hydrogens is 1270 g/mol. The Hall–Kier alpha value is -7.50. The Morgan fingerprint density at radius 2 is 1.69 bits per heavy atom. The molecule has 2 aromatic rings. The predicted octanol–water partition coefficient (Wildman–Crippen LogP) is 6.00. The molecule has 500 valence electrons. The van der Waals surface area contributed by atoms with Crippen molar-refractivity contribution >= 4 is 92.9 Å². The van der Waals surface area contributed by atoms with Crippen molar-refractivity contribution in [3.63, 3.8) is 0 Å². The van der Waals surface area contributed by atoms with Gasteiger partial charge in [0.05, 0.1) is 48.8 Å². The average Bonchev–Trinajstić information content (AvgIpc) is 1.58.